The van der Waals surface area contributed by atoms with Crippen LogP contribution in [0.4, 0.5) is 5.82 Å². The summed E-state index contributed by atoms with van der Waals surface area (Å²) in [4.78, 5) is 8.12. The topological polar surface area (TPSA) is 56.7 Å². The van der Waals surface area contributed by atoms with Crippen molar-refractivity contribution in [2.24, 2.45) is 0 Å². The van der Waals surface area contributed by atoms with Crippen molar-refractivity contribution in [2.75, 3.05) is 5.73 Å². The maximum absolute atomic E-state index is 5.48. The van der Waals surface area contributed by atoms with E-state index in [1.54, 1.807) is 18.5 Å². The van der Waals surface area contributed by atoms with Crippen molar-refractivity contribution in [1.29, 1.82) is 0 Å². The van der Waals surface area contributed by atoms with E-state index in [0.29, 0.717) is 5.82 Å². The van der Waals surface area contributed by atoms with Gasteiger partial charge >= 0.3 is 0 Å². The lowest BCUT2D eigenvalue weighted by Crippen LogP contribution is -1.97. The van der Waals surface area contributed by atoms with E-state index in [1.165, 1.54) is 0 Å². The molecule has 0 fully saturated rings. The average molecular weight is 174 g/mol. The SMILES string of the molecule is Cc1nccn1-c1ccc(N)nc1. The van der Waals surface area contributed by atoms with Crippen molar-refractivity contribution in [2.45, 2.75) is 6.92 Å². The van der Waals surface area contributed by atoms with Gasteiger partial charge < -0.3 is 10.3 Å². The molecule has 2 rings (SSSR count). The maximum atomic E-state index is 5.48. The Hall–Kier alpha value is -1.84. The van der Waals surface area contributed by atoms with Crippen molar-refractivity contribution in [3.05, 3.63) is 36.5 Å². The number of pyridine rings is 1. The number of aryl methyl sites for hydroxylation is 1. The first-order chi connectivity index (χ1) is 6.27. The second kappa shape index (κ2) is 2.90. The summed E-state index contributed by atoms with van der Waals surface area (Å²) in [6.07, 6.45) is 5.37. The monoisotopic (exact) mass is 174 g/mol. The van der Waals surface area contributed by atoms with Gasteiger partial charge in [-0.3, -0.25) is 0 Å². The smallest absolute Gasteiger partial charge is 0.123 e. The Morgan fingerprint density at radius 1 is 1.31 bits per heavy atom. The minimum atomic E-state index is 0.529. The van der Waals surface area contributed by atoms with Crippen LogP contribution in [-0.4, -0.2) is 14.5 Å². The standard InChI is InChI=1S/C9H10N4/c1-7-11-4-5-13(7)8-2-3-9(10)12-6-8/h2-6H,1H3,(H2,10,12). The van der Waals surface area contributed by atoms with Gasteiger partial charge in [-0.15, -0.1) is 0 Å². The minimum absolute atomic E-state index is 0.529. The second-order valence-electron chi connectivity index (χ2n) is 2.79. The van der Waals surface area contributed by atoms with Gasteiger partial charge in [0.15, 0.2) is 0 Å². The van der Waals surface area contributed by atoms with Crippen LogP contribution in [0.25, 0.3) is 5.69 Å². The molecule has 13 heavy (non-hydrogen) atoms. The third-order valence-electron chi connectivity index (χ3n) is 1.87. The van der Waals surface area contributed by atoms with Crippen molar-refractivity contribution in [1.82, 2.24) is 14.5 Å². The van der Waals surface area contributed by atoms with Gasteiger partial charge in [0.2, 0.25) is 0 Å². The van der Waals surface area contributed by atoms with E-state index in [1.807, 2.05) is 23.8 Å². The first-order valence-electron chi connectivity index (χ1n) is 3.99. The zero-order valence-corrected chi connectivity index (χ0v) is 7.31. The van der Waals surface area contributed by atoms with Crippen LogP contribution >= 0.6 is 0 Å². The molecule has 0 saturated heterocycles. The summed E-state index contributed by atoms with van der Waals surface area (Å²) < 4.78 is 1.95. The van der Waals surface area contributed by atoms with Crippen LogP contribution in [0.2, 0.25) is 0 Å². The molecule has 0 amide bonds. The minimum Gasteiger partial charge on any atom is -0.384 e. The molecule has 2 heterocycles. The highest BCUT2D eigenvalue weighted by atomic mass is 15.1. The van der Waals surface area contributed by atoms with Gasteiger partial charge in [0.05, 0.1) is 11.9 Å². The fourth-order valence-corrected chi connectivity index (χ4v) is 1.19. The van der Waals surface area contributed by atoms with Crippen LogP contribution in [0.15, 0.2) is 30.7 Å². The van der Waals surface area contributed by atoms with Crippen molar-refractivity contribution >= 4 is 5.82 Å². The van der Waals surface area contributed by atoms with Gasteiger partial charge in [-0.25, -0.2) is 9.97 Å². The summed E-state index contributed by atoms with van der Waals surface area (Å²) in [6, 6.07) is 3.69. The molecule has 4 nitrogen and oxygen atoms in total. The molecular formula is C9H10N4. The largest absolute Gasteiger partial charge is 0.384 e. The van der Waals surface area contributed by atoms with Gasteiger partial charge in [-0.1, -0.05) is 0 Å². The van der Waals surface area contributed by atoms with Gasteiger partial charge in [-0.2, -0.15) is 0 Å². The highest BCUT2D eigenvalue weighted by Gasteiger charge is 1.99. The first kappa shape index (κ1) is 7.79. The predicted molar refractivity (Wildman–Crippen MR) is 50.5 cm³/mol. The normalized spacial score (nSPS) is 10.2. The number of rotatable bonds is 1. The molecule has 0 bridgehead atoms. The molecule has 4 heteroatoms. The number of nitrogens with two attached hydrogens (primary N) is 1. The van der Waals surface area contributed by atoms with E-state index >= 15 is 0 Å². The molecular weight excluding hydrogens is 164 g/mol. The first-order valence-corrected chi connectivity index (χ1v) is 3.99. The lowest BCUT2D eigenvalue weighted by atomic mass is 10.4. The fourth-order valence-electron chi connectivity index (χ4n) is 1.19. The Kier molecular flexibility index (Phi) is 1.73. The van der Waals surface area contributed by atoms with Crippen LogP contribution in [0.3, 0.4) is 0 Å². The molecule has 2 N–H and O–H groups in total. The van der Waals surface area contributed by atoms with Crippen LogP contribution < -0.4 is 5.73 Å². The van der Waals surface area contributed by atoms with E-state index in [9.17, 15) is 0 Å². The van der Waals surface area contributed by atoms with Crippen LogP contribution in [0.5, 0.6) is 0 Å². The Balaban J connectivity index is 2.47. The zero-order valence-electron chi connectivity index (χ0n) is 7.31. The molecule has 0 atom stereocenters. The van der Waals surface area contributed by atoms with Crippen LogP contribution in [0, 0.1) is 6.92 Å². The highest BCUT2D eigenvalue weighted by Crippen LogP contribution is 2.09. The van der Waals surface area contributed by atoms with Gasteiger partial charge in [-0.05, 0) is 19.1 Å². The molecule has 0 saturated carbocycles. The van der Waals surface area contributed by atoms with E-state index in [-0.39, 0.29) is 0 Å². The Morgan fingerprint density at radius 2 is 2.15 bits per heavy atom. The molecule has 0 aliphatic rings. The fraction of sp³-hybridized carbons (Fsp3) is 0.111. The quantitative estimate of drug-likeness (QED) is 0.705. The Labute approximate surface area is 76.1 Å². The van der Waals surface area contributed by atoms with E-state index in [4.69, 9.17) is 5.73 Å². The summed E-state index contributed by atoms with van der Waals surface area (Å²) in [5, 5.41) is 0. The van der Waals surface area contributed by atoms with Crippen molar-refractivity contribution in [3.8, 4) is 5.69 Å². The lowest BCUT2D eigenvalue weighted by Gasteiger charge is -2.03. The highest BCUT2D eigenvalue weighted by molar-refractivity contribution is 5.37. The zero-order chi connectivity index (χ0) is 9.26. The second-order valence-corrected chi connectivity index (χ2v) is 2.79. The van der Waals surface area contributed by atoms with Crippen LogP contribution in [0.1, 0.15) is 5.82 Å². The number of hydrogen-bond donors (Lipinski definition) is 1. The predicted octanol–water partition coefficient (Wildman–Crippen LogP) is 1.16. The molecule has 0 unspecified atom stereocenters. The number of anilines is 1. The maximum Gasteiger partial charge on any atom is 0.123 e. The molecule has 0 aliphatic heterocycles. The Morgan fingerprint density at radius 3 is 2.69 bits per heavy atom. The molecule has 66 valence electrons. The summed E-state index contributed by atoms with van der Waals surface area (Å²) in [6.45, 7) is 1.94. The van der Waals surface area contributed by atoms with Crippen molar-refractivity contribution in [3.63, 3.8) is 0 Å². The third kappa shape index (κ3) is 1.38. The summed E-state index contributed by atoms with van der Waals surface area (Å²) >= 11 is 0. The van der Waals surface area contributed by atoms with Crippen LogP contribution in [-0.2, 0) is 0 Å². The number of hydrogen-bond acceptors (Lipinski definition) is 3. The van der Waals surface area contributed by atoms with E-state index in [2.05, 4.69) is 9.97 Å². The number of aromatic nitrogens is 3. The van der Waals surface area contributed by atoms with Gasteiger partial charge in [0.25, 0.3) is 0 Å². The molecule has 2 aromatic rings. The summed E-state index contributed by atoms with van der Waals surface area (Å²) in [5.74, 6) is 1.47. The molecule has 0 aliphatic carbocycles. The molecule has 0 aromatic carbocycles. The van der Waals surface area contributed by atoms with Gasteiger partial charge in [0.1, 0.15) is 11.6 Å². The molecule has 2 aromatic heterocycles. The van der Waals surface area contributed by atoms with E-state index in [0.717, 1.165) is 11.5 Å². The summed E-state index contributed by atoms with van der Waals surface area (Å²) in [7, 11) is 0. The third-order valence-corrected chi connectivity index (χ3v) is 1.87. The van der Waals surface area contributed by atoms with E-state index < -0.39 is 0 Å². The number of nitrogen functional groups attached to an aromatic ring is 1. The number of imidazole rings is 1. The Bertz CT molecular complexity index is 402. The molecule has 0 spiro atoms. The molecule has 0 radical (unpaired) electrons. The average Bonchev–Trinajstić information content (AvgIpc) is 2.53. The van der Waals surface area contributed by atoms with Gasteiger partial charge in [0, 0.05) is 12.4 Å². The summed E-state index contributed by atoms with van der Waals surface area (Å²) in [5.41, 5.74) is 6.46. The number of nitrogens with zero attached hydrogens (tertiary/aromatic N) is 3. The van der Waals surface area contributed by atoms with Crippen molar-refractivity contribution < 1.29 is 0 Å². The lowest BCUT2D eigenvalue weighted by molar-refractivity contribution is 0.966.